The molecule has 2 N–H and O–H groups in total. The normalized spacial score (nSPS) is 29.3. The van der Waals surface area contributed by atoms with Crippen LogP contribution in [0.5, 0.6) is 11.5 Å². The van der Waals surface area contributed by atoms with E-state index in [1.807, 2.05) is 0 Å². The van der Waals surface area contributed by atoms with Crippen LogP contribution in [-0.4, -0.2) is 39.7 Å². The van der Waals surface area contributed by atoms with E-state index < -0.39 is 50.7 Å². The van der Waals surface area contributed by atoms with Gasteiger partial charge in [-0.25, -0.2) is 4.39 Å². The van der Waals surface area contributed by atoms with Gasteiger partial charge in [0.15, 0.2) is 5.60 Å². The van der Waals surface area contributed by atoms with Gasteiger partial charge in [-0.1, -0.05) is 0 Å². The van der Waals surface area contributed by atoms with Crippen LogP contribution in [0.15, 0.2) is 30.3 Å². The van der Waals surface area contributed by atoms with Crippen molar-refractivity contribution in [3.05, 3.63) is 58.4 Å². The van der Waals surface area contributed by atoms with Crippen LogP contribution in [0.1, 0.15) is 22.3 Å². The van der Waals surface area contributed by atoms with Gasteiger partial charge in [0.2, 0.25) is 0 Å². The highest BCUT2D eigenvalue weighted by Crippen LogP contribution is 2.75. The third kappa shape index (κ3) is 2.04. The molecular weight excluding hydrogens is 406 g/mol. The smallest absolute Gasteiger partial charge is 0.345 e. The number of benzene rings is 2. The van der Waals surface area contributed by atoms with Crippen LogP contribution in [0.2, 0.25) is 5.21 Å². The molecule has 0 heterocycles. The molecule has 12 heteroatoms. The topological polar surface area (TPSA) is 73.5 Å². The summed E-state index contributed by atoms with van der Waals surface area (Å²) in [4.78, 5) is 0. The lowest BCUT2D eigenvalue weighted by Gasteiger charge is -2.46. The van der Waals surface area contributed by atoms with Gasteiger partial charge in [0.25, 0.3) is 0 Å². The molecule has 0 amide bonds. The summed E-state index contributed by atoms with van der Waals surface area (Å²) in [5, 5.41) is 29.0. The molecule has 0 saturated carbocycles. The molecule has 2 aromatic carbocycles. The molecular formula is C18H13B3F5NO3. The van der Waals surface area contributed by atoms with Crippen molar-refractivity contribution >= 4 is 23.5 Å². The third-order valence-corrected chi connectivity index (χ3v) is 6.55. The summed E-state index contributed by atoms with van der Waals surface area (Å²) in [5.41, 5.74) is -8.05. The monoisotopic (exact) mass is 419 g/mol. The molecule has 0 aliphatic heterocycles. The molecule has 4 nitrogen and oxygen atoms in total. The average molecular weight is 419 g/mol. The number of ether oxygens (including phenoxy) is 1. The molecule has 0 saturated heterocycles. The lowest BCUT2D eigenvalue weighted by atomic mass is 9.37. The zero-order valence-corrected chi connectivity index (χ0v) is 16.0. The summed E-state index contributed by atoms with van der Waals surface area (Å²) in [6.45, 7) is 0. The molecule has 30 heavy (non-hydrogen) atoms. The van der Waals surface area contributed by atoms with Crippen molar-refractivity contribution in [2.75, 3.05) is 0 Å². The van der Waals surface area contributed by atoms with Crippen LogP contribution in [0.3, 0.4) is 0 Å². The second kappa shape index (κ2) is 5.59. The molecule has 0 unspecified atom stereocenters. The lowest BCUT2D eigenvalue weighted by molar-refractivity contribution is -0.294. The highest BCUT2D eigenvalue weighted by molar-refractivity contribution is 6.46. The summed E-state index contributed by atoms with van der Waals surface area (Å²) in [5.74, 6) is -10.9. The Morgan fingerprint density at radius 2 is 1.60 bits per heavy atom. The fraction of sp³-hybridized carbons (Fsp3) is 0.278. The van der Waals surface area contributed by atoms with E-state index in [1.54, 1.807) is 6.07 Å². The van der Waals surface area contributed by atoms with Crippen molar-refractivity contribution in [2.24, 2.45) is 0 Å². The third-order valence-electron chi connectivity index (χ3n) is 6.55. The van der Waals surface area contributed by atoms with Crippen molar-refractivity contribution in [3.63, 3.8) is 0 Å². The molecule has 2 aliphatic rings. The molecule has 152 valence electrons. The Labute approximate surface area is 170 Å². The van der Waals surface area contributed by atoms with Crippen LogP contribution in [0.25, 0.3) is 0 Å². The van der Waals surface area contributed by atoms with Gasteiger partial charge in [-0.15, -0.1) is 0 Å². The van der Waals surface area contributed by atoms with Crippen LogP contribution in [-0.2, 0) is 17.0 Å². The van der Waals surface area contributed by atoms with Crippen LogP contribution < -0.4 is 4.74 Å². The Morgan fingerprint density at radius 3 is 2.20 bits per heavy atom. The molecule has 2 aromatic rings. The second-order valence-corrected chi connectivity index (χ2v) is 8.31. The number of nitriles is 1. The molecule has 4 rings (SSSR count). The van der Waals surface area contributed by atoms with Gasteiger partial charge < -0.3 is 14.9 Å². The molecule has 2 atom stereocenters. The molecule has 0 spiro atoms. The average Bonchev–Trinajstić information content (AvgIpc) is 2.85. The van der Waals surface area contributed by atoms with E-state index in [0.29, 0.717) is 6.07 Å². The number of nitrogens with zero attached hydrogens (tertiary/aromatic N) is 1. The van der Waals surface area contributed by atoms with E-state index in [9.17, 15) is 32.2 Å². The molecule has 2 aliphatic carbocycles. The first-order chi connectivity index (χ1) is 13.6. The summed E-state index contributed by atoms with van der Waals surface area (Å²) < 4.78 is 78.3. The zero-order valence-electron chi connectivity index (χ0n) is 16.0. The molecule has 0 aromatic heterocycles. The van der Waals surface area contributed by atoms with Crippen molar-refractivity contribution < 1.29 is 36.9 Å². The van der Waals surface area contributed by atoms with Crippen molar-refractivity contribution in [1.82, 2.24) is 0 Å². The van der Waals surface area contributed by atoms with Gasteiger partial charge in [0, 0.05) is 22.8 Å². The number of hydrogen-bond acceptors (Lipinski definition) is 4. The fourth-order valence-corrected chi connectivity index (χ4v) is 4.53. The quantitative estimate of drug-likeness (QED) is 0.553. The Balaban J connectivity index is 2.01. The van der Waals surface area contributed by atoms with E-state index >= 15 is 0 Å². The van der Waals surface area contributed by atoms with Gasteiger partial charge in [0.05, 0.1) is 17.1 Å². The van der Waals surface area contributed by atoms with Gasteiger partial charge in [-0.05, 0) is 29.5 Å². The minimum atomic E-state index is -4.91. The van der Waals surface area contributed by atoms with Gasteiger partial charge in [-0.3, -0.25) is 0 Å². The number of aliphatic hydroxyl groups is 2. The van der Waals surface area contributed by atoms with E-state index in [2.05, 4.69) is 0 Å². The molecule has 0 fully saturated rings. The Bertz CT molecular complexity index is 1150. The van der Waals surface area contributed by atoms with Crippen molar-refractivity contribution in [1.29, 1.82) is 5.26 Å². The second-order valence-electron chi connectivity index (χ2n) is 8.31. The maximum absolute atomic E-state index is 14.9. The first-order valence-electron chi connectivity index (χ1n) is 8.92. The molecule has 0 bridgehead atoms. The highest BCUT2D eigenvalue weighted by Gasteiger charge is 2.85. The number of halogens is 5. The van der Waals surface area contributed by atoms with Crippen LogP contribution in [0.4, 0.5) is 22.0 Å². The minimum Gasteiger partial charge on any atom is -0.457 e. The van der Waals surface area contributed by atoms with Gasteiger partial charge in [0.1, 0.15) is 40.9 Å². The largest absolute Gasteiger partial charge is 0.457 e. The van der Waals surface area contributed by atoms with E-state index in [1.165, 1.54) is 0 Å². The first kappa shape index (κ1) is 20.8. The van der Waals surface area contributed by atoms with Crippen LogP contribution in [0, 0.1) is 17.1 Å². The maximum atomic E-state index is 14.9. The fourth-order valence-electron chi connectivity index (χ4n) is 4.53. The van der Waals surface area contributed by atoms with E-state index in [0.717, 1.165) is 47.8 Å². The number of alkyl halides is 4. The predicted octanol–water partition coefficient (Wildman–Crippen LogP) is 0.592. The van der Waals surface area contributed by atoms with Crippen molar-refractivity contribution in [3.8, 4) is 17.6 Å². The summed E-state index contributed by atoms with van der Waals surface area (Å²) in [7, 11) is 3.24. The van der Waals surface area contributed by atoms with Crippen molar-refractivity contribution in [2.45, 2.75) is 28.2 Å². The summed E-state index contributed by atoms with van der Waals surface area (Å²) in [6, 6.07) is 6.38. The Hall–Kier alpha value is -2.51. The highest BCUT2D eigenvalue weighted by atomic mass is 19.3. The first-order valence-corrected chi connectivity index (χ1v) is 8.92. The van der Waals surface area contributed by atoms with Gasteiger partial charge >= 0.3 is 11.8 Å². The predicted molar refractivity (Wildman–Crippen MR) is 103 cm³/mol. The van der Waals surface area contributed by atoms with Crippen LogP contribution >= 0.6 is 0 Å². The summed E-state index contributed by atoms with van der Waals surface area (Å²) in [6.07, 6.45) is 0. The Kier molecular flexibility index (Phi) is 3.87. The lowest BCUT2D eigenvalue weighted by Crippen LogP contribution is -2.59. The SMILES string of the molecule is BC1(B)[C@@]2(O)c3c(ccc(Oc4cc(F)cc(C#N)c4)c3[C@]1(B)O)C(F)(F)C2(F)F. The standard InChI is InChI=1S/C18H13B3F5NO3/c19-15(29)13-11(30-9-4-7(6-27)3-8(22)5-9)2-1-10-12(13)14(28,17(15,20)21)18(25,26)16(10,23)24/h1-5,28-29H,19-21H2/t14-,15-/m0/s1. The minimum absolute atomic E-state index is 0.0933. The van der Waals surface area contributed by atoms with E-state index in [-0.39, 0.29) is 17.1 Å². The van der Waals surface area contributed by atoms with E-state index in [4.69, 9.17) is 10.00 Å². The zero-order chi connectivity index (χ0) is 22.5. The number of hydrogen-bond donors (Lipinski definition) is 2. The maximum Gasteiger partial charge on any atom is 0.345 e. The molecule has 0 radical (unpaired) electrons. The van der Waals surface area contributed by atoms with Gasteiger partial charge in [-0.2, -0.15) is 22.8 Å². The Morgan fingerprint density at radius 1 is 0.967 bits per heavy atom. The number of rotatable bonds is 2. The summed E-state index contributed by atoms with van der Waals surface area (Å²) >= 11 is 0.